The van der Waals surface area contributed by atoms with Crippen LogP contribution in [0.25, 0.3) is 0 Å². The molecule has 1 aliphatic rings. The number of piperidine rings is 1. The third kappa shape index (κ3) is 2.51. The summed E-state index contributed by atoms with van der Waals surface area (Å²) >= 11 is 0. The second-order valence-corrected chi connectivity index (χ2v) is 4.94. The Morgan fingerprint density at radius 1 is 1.65 bits per heavy atom. The third-order valence-corrected chi connectivity index (χ3v) is 3.62. The number of amides is 1. The minimum atomic E-state index is -1.12. The van der Waals surface area contributed by atoms with Crippen molar-refractivity contribution >= 4 is 17.5 Å². The van der Waals surface area contributed by atoms with Crippen LogP contribution in [-0.2, 0) is 0 Å². The van der Waals surface area contributed by atoms with Gasteiger partial charge in [-0.05, 0) is 18.5 Å². The summed E-state index contributed by atoms with van der Waals surface area (Å²) in [6, 6.07) is 3.31. The average Bonchev–Trinajstić information content (AvgIpc) is 2.41. The van der Waals surface area contributed by atoms with Gasteiger partial charge in [0.25, 0.3) is 0 Å². The molecule has 0 saturated carbocycles. The summed E-state index contributed by atoms with van der Waals surface area (Å²) in [4.78, 5) is 16.7. The first-order chi connectivity index (χ1) is 9.56. The lowest BCUT2D eigenvalue weighted by Gasteiger charge is -2.39. The van der Waals surface area contributed by atoms with Gasteiger partial charge in [-0.1, -0.05) is 6.92 Å². The van der Waals surface area contributed by atoms with Crippen molar-refractivity contribution in [3.8, 4) is 6.07 Å². The first kappa shape index (κ1) is 14.1. The van der Waals surface area contributed by atoms with E-state index in [1.54, 1.807) is 6.07 Å². The van der Waals surface area contributed by atoms with Crippen molar-refractivity contribution in [1.82, 2.24) is 10.3 Å². The molecule has 3 unspecified atom stereocenters. The Balaban J connectivity index is 2.41. The summed E-state index contributed by atoms with van der Waals surface area (Å²) in [5.41, 5.74) is 6.47. The fourth-order valence-corrected chi connectivity index (χ4v) is 2.60. The molecule has 0 aromatic carbocycles. The number of hydrogen-bond acceptors (Lipinski definition) is 5. The predicted molar refractivity (Wildman–Crippen MR) is 74.1 cm³/mol. The summed E-state index contributed by atoms with van der Waals surface area (Å²) in [6.45, 7) is 3.06. The van der Waals surface area contributed by atoms with Crippen LogP contribution in [0.4, 0.5) is 16.2 Å². The minimum absolute atomic E-state index is 0.0728. The van der Waals surface area contributed by atoms with Crippen molar-refractivity contribution in [2.75, 3.05) is 23.7 Å². The molecule has 0 aliphatic carbocycles. The van der Waals surface area contributed by atoms with Crippen LogP contribution in [0.5, 0.6) is 0 Å². The van der Waals surface area contributed by atoms with Gasteiger partial charge in [0.05, 0.1) is 35.6 Å². The molecule has 7 nitrogen and oxygen atoms in total. The lowest BCUT2D eigenvalue weighted by molar-refractivity contribution is 0.190. The molecule has 1 aromatic heterocycles. The predicted octanol–water partition coefficient (Wildman–Crippen LogP) is 0.896. The van der Waals surface area contributed by atoms with E-state index in [4.69, 9.17) is 5.73 Å². The zero-order chi connectivity index (χ0) is 14.7. The van der Waals surface area contributed by atoms with E-state index in [9.17, 15) is 15.2 Å². The molecule has 3 atom stereocenters. The van der Waals surface area contributed by atoms with Crippen LogP contribution in [-0.4, -0.2) is 35.3 Å². The van der Waals surface area contributed by atoms with Crippen molar-refractivity contribution in [2.45, 2.75) is 13.0 Å². The standard InChI is InChI=1S/C13H17N5O2/c1-8-5-17-7-12(9(8)4-14)18(13(19)20)11-2-3-16-6-10(11)15/h2-3,6,8-9,12,17H,5,7,15H2,1H3,(H,19,20). The van der Waals surface area contributed by atoms with Crippen molar-refractivity contribution in [2.24, 2.45) is 11.8 Å². The monoisotopic (exact) mass is 275 g/mol. The number of anilines is 2. The van der Waals surface area contributed by atoms with Crippen molar-refractivity contribution in [1.29, 1.82) is 5.26 Å². The molecule has 1 saturated heterocycles. The SMILES string of the molecule is CC1CNCC(N(C(=O)O)c2ccncc2N)C1C#N. The molecule has 0 spiro atoms. The van der Waals surface area contributed by atoms with E-state index in [0.717, 1.165) is 0 Å². The summed E-state index contributed by atoms with van der Waals surface area (Å²) in [6.07, 6.45) is 1.78. The van der Waals surface area contributed by atoms with Crippen LogP contribution >= 0.6 is 0 Å². The highest BCUT2D eigenvalue weighted by molar-refractivity contribution is 5.91. The van der Waals surface area contributed by atoms with Gasteiger partial charge in [0.2, 0.25) is 0 Å². The van der Waals surface area contributed by atoms with Gasteiger partial charge in [-0.15, -0.1) is 0 Å². The molecular weight excluding hydrogens is 258 g/mol. The fraction of sp³-hybridized carbons (Fsp3) is 0.462. The van der Waals surface area contributed by atoms with E-state index in [1.807, 2.05) is 6.92 Å². The van der Waals surface area contributed by atoms with Gasteiger partial charge < -0.3 is 16.2 Å². The molecule has 20 heavy (non-hydrogen) atoms. The average molecular weight is 275 g/mol. The molecule has 4 N–H and O–H groups in total. The Kier molecular flexibility index (Phi) is 4.05. The van der Waals surface area contributed by atoms with E-state index in [2.05, 4.69) is 16.4 Å². The first-order valence-corrected chi connectivity index (χ1v) is 6.38. The number of nitrogens with zero attached hydrogens (tertiary/aromatic N) is 3. The summed E-state index contributed by atoms with van der Waals surface area (Å²) in [5, 5.41) is 22.0. The highest BCUT2D eigenvalue weighted by atomic mass is 16.4. The Hall–Kier alpha value is -2.33. The van der Waals surface area contributed by atoms with Gasteiger partial charge in [-0.3, -0.25) is 9.88 Å². The van der Waals surface area contributed by atoms with E-state index in [0.29, 0.717) is 18.8 Å². The minimum Gasteiger partial charge on any atom is -0.465 e. The normalized spacial score (nSPS) is 25.7. The van der Waals surface area contributed by atoms with Crippen molar-refractivity contribution in [3.63, 3.8) is 0 Å². The van der Waals surface area contributed by atoms with Crippen molar-refractivity contribution < 1.29 is 9.90 Å². The van der Waals surface area contributed by atoms with Crippen LogP contribution in [0.3, 0.4) is 0 Å². The maximum Gasteiger partial charge on any atom is 0.412 e. The zero-order valence-electron chi connectivity index (χ0n) is 11.2. The largest absolute Gasteiger partial charge is 0.465 e. The van der Waals surface area contributed by atoms with Crippen LogP contribution in [0.1, 0.15) is 6.92 Å². The van der Waals surface area contributed by atoms with Crippen molar-refractivity contribution in [3.05, 3.63) is 18.5 Å². The van der Waals surface area contributed by atoms with Crippen LogP contribution in [0, 0.1) is 23.2 Å². The number of nitrogens with two attached hydrogens (primary N) is 1. The van der Waals surface area contributed by atoms with Crippen LogP contribution < -0.4 is 16.0 Å². The lowest BCUT2D eigenvalue weighted by Crippen LogP contribution is -2.56. The summed E-state index contributed by atoms with van der Waals surface area (Å²) in [5.74, 6) is -0.302. The van der Waals surface area contributed by atoms with Gasteiger partial charge in [0.1, 0.15) is 0 Å². The third-order valence-electron chi connectivity index (χ3n) is 3.62. The Bertz CT molecular complexity index is 542. The molecule has 0 bridgehead atoms. The Morgan fingerprint density at radius 3 is 3.00 bits per heavy atom. The zero-order valence-corrected chi connectivity index (χ0v) is 11.2. The molecule has 2 heterocycles. The van der Waals surface area contributed by atoms with Gasteiger partial charge >= 0.3 is 6.09 Å². The smallest absolute Gasteiger partial charge is 0.412 e. The summed E-state index contributed by atoms with van der Waals surface area (Å²) < 4.78 is 0. The Morgan fingerprint density at radius 2 is 2.40 bits per heavy atom. The van der Waals surface area contributed by atoms with E-state index >= 15 is 0 Å². The second kappa shape index (κ2) is 5.75. The highest BCUT2D eigenvalue weighted by Crippen LogP contribution is 2.30. The Labute approximate surface area is 117 Å². The lowest BCUT2D eigenvalue weighted by atomic mass is 9.84. The molecule has 1 aromatic rings. The van der Waals surface area contributed by atoms with Crippen LogP contribution in [0.2, 0.25) is 0 Å². The maximum atomic E-state index is 11.6. The van der Waals surface area contributed by atoms with E-state index in [-0.39, 0.29) is 17.5 Å². The quantitative estimate of drug-likeness (QED) is 0.738. The molecule has 7 heteroatoms. The number of aromatic nitrogens is 1. The maximum absolute atomic E-state index is 11.6. The van der Waals surface area contributed by atoms with E-state index in [1.165, 1.54) is 17.3 Å². The molecule has 0 radical (unpaired) electrons. The number of carbonyl (C=O) groups is 1. The highest BCUT2D eigenvalue weighted by Gasteiger charge is 2.38. The van der Waals surface area contributed by atoms with Gasteiger partial charge in [-0.25, -0.2) is 4.79 Å². The number of pyridine rings is 1. The number of carboxylic acid groups (broad SMARTS) is 1. The molecule has 2 rings (SSSR count). The van der Waals surface area contributed by atoms with E-state index < -0.39 is 12.1 Å². The number of nitriles is 1. The first-order valence-electron chi connectivity index (χ1n) is 6.38. The second-order valence-electron chi connectivity index (χ2n) is 4.94. The van der Waals surface area contributed by atoms with Gasteiger partial charge in [0, 0.05) is 12.7 Å². The van der Waals surface area contributed by atoms with Gasteiger partial charge in [-0.2, -0.15) is 5.26 Å². The number of nitrogens with one attached hydrogen (secondary N) is 1. The molecular formula is C13H17N5O2. The molecule has 106 valence electrons. The molecule has 1 aliphatic heterocycles. The number of rotatable bonds is 2. The topological polar surface area (TPSA) is 115 Å². The number of hydrogen-bond donors (Lipinski definition) is 3. The molecule has 1 amide bonds. The van der Waals surface area contributed by atoms with Gasteiger partial charge in [0.15, 0.2) is 0 Å². The van der Waals surface area contributed by atoms with Crippen LogP contribution in [0.15, 0.2) is 18.5 Å². The fourth-order valence-electron chi connectivity index (χ4n) is 2.60. The molecule has 1 fully saturated rings. The summed E-state index contributed by atoms with van der Waals surface area (Å²) in [7, 11) is 0. The number of nitrogen functional groups attached to an aromatic ring is 1.